The first-order valence-electron chi connectivity index (χ1n) is 9.39. The molecule has 0 N–H and O–H groups in total. The number of hydrogen-bond donors (Lipinski definition) is 0. The Kier molecular flexibility index (Phi) is 4.66. The third-order valence-corrected chi connectivity index (χ3v) is 5.95. The average Bonchev–Trinajstić information content (AvgIpc) is 3.45. The number of anilines is 1. The van der Waals surface area contributed by atoms with Crippen molar-refractivity contribution in [3.63, 3.8) is 0 Å². The predicted octanol–water partition coefficient (Wildman–Crippen LogP) is 4.41. The minimum Gasteiger partial charge on any atom is -0.368 e. The average molecular weight is 369 g/mol. The van der Waals surface area contributed by atoms with E-state index in [1.807, 2.05) is 12.1 Å². The number of piperazine rings is 1. The Morgan fingerprint density at radius 3 is 2.38 bits per heavy atom. The summed E-state index contributed by atoms with van der Waals surface area (Å²) in [6.07, 6.45) is 0.996. The first kappa shape index (κ1) is 17.4. The van der Waals surface area contributed by atoms with Gasteiger partial charge in [-0.05, 0) is 49.4 Å². The normalized spacial score (nSPS) is 22.4. The first-order chi connectivity index (χ1) is 12.5. The lowest BCUT2D eigenvalue weighted by molar-refractivity contribution is -0.132. The Morgan fingerprint density at radius 2 is 1.69 bits per heavy atom. The SMILES string of the molecule is Cc1ccc(C2C[C@@H]2C(=O)N2CCN(c3cc(Cl)ccc3C)CC2)cc1. The molecule has 1 aliphatic carbocycles. The summed E-state index contributed by atoms with van der Waals surface area (Å²) in [6, 6.07) is 14.6. The molecule has 4 rings (SSSR count). The monoisotopic (exact) mass is 368 g/mol. The fourth-order valence-corrected chi connectivity index (χ4v) is 4.14. The fourth-order valence-electron chi connectivity index (χ4n) is 3.98. The molecule has 2 atom stereocenters. The molecule has 0 spiro atoms. The lowest BCUT2D eigenvalue weighted by Gasteiger charge is -2.37. The van der Waals surface area contributed by atoms with Crippen LogP contribution in [0.25, 0.3) is 0 Å². The van der Waals surface area contributed by atoms with E-state index in [4.69, 9.17) is 11.6 Å². The van der Waals surface area contributed by atoms with E-state index in [-0.39, 0.29) is 5.92 Å². The molecular formula is C22H25ClN2O. The number of benzene rings is 2. The predicted molar refractivity (Wildman–Crippen MR) is 107 cm³/mol. The van der Waals surface area contributed by atoms with Gasteiger partial charge in [0.15, 0.2) is 0 Å². The van der Waals surface area contributed by atoms with Gasteiger partial charge >= 0.3 is 0 Å². The summed E-state index contributed by atoms with van der Waals surface area (Å²) in [4.78, 5) is 17.3. The Labute approximate surface area is 160 Å². The zero-order valence-electron chi connectivity index (χ0n) is 15.4. The van der Waals surface area contributed by atoms with Gasteiger partial charge in [-0.25, -0.2) is 0 Å². The van der Waals surface area contributed by atoms with Crippen LogP contribution in [0.4, 0.5) is 5.69 Å². The highest BCUT2D eigenvalue weighted by Gasteiger charge is 2.46. The molecule has 1 saturated carbocycles. The Hall–Kier alpha value is -2.00. The van der Waals surface area contributed by atoms with Crippen LogP contribution in [0.1, 0.15) is 29.0 Å². The van der Waals surface area contributed by atoms with Crippen LogP contribution in [-0.4, -0.2) is 37.0 Å². The van der Waals surface area contributed by atoms with E-state index >= 15 is 0 Å². The van der Waals surface area contributed by atoms with Crippen LogP contribution < -0.4 is 4.90 Å². The van der Waals surface area contributed by atoms with Crippen LogP contribution >= 0.6 is 11.6 Å². The van der Waals surface area contributed by atoms with E-state index in [9.17, 15) is 4.79 Å². The number of rotatable bonds is 3. The smallest absolute Gasteiger partial charge is 0.226 e. The summed E-state index contributed by atoms with van der Waals surface area (Å²) < 4.78 is 0. The van der Waals surface area contributed by atoms with Gasteiger partial charge in [0, 0.05) is 42.8 Å². The number of carbonyl (C=O) groups is 1. The molecule has 4 heteroatoms. The minimum absolute atomic E-state index is 0.178. The van der Waals surface area contributed by atoms with Crippen molar-refractivity contribution in [1.29, 1.82) is 0 Å². The molecule has 1 saturated heterocycles. The first-order valence-corrected chi connectivity index (χ1v) is 9.77. The Balaban J connectivity index is 1.36. The lowest BCUT2D eigenvalue weighted by Crippen LogP contribution is -2.49. The molecule has 136 valence electrons. The van der Waals surface area contributed by atoms with Gasteiger partial charge in [-0.3, -0.25) is 4.79 Å². The van der Waals surface area contributed by atoms with Crippen LogP contribution in [0, 0.1) is 19.8 Å². The fraction of sp³-hybridized carbons (Fsp3) is 0.409. The van der Waals surface area contributed by atoms with Crippen molar-refractivity contribution < 1.29 is 4.79 Å². The minimum atomic E-state index is 0.178. The second-order valence-corrected chi connectivity index (χ2v) is 8.04. The van der Waals surface area contributed by atoms with Crippen LogP contribution in [-0.2, 0) is 4.79 Å². The highest BCUT2D eigenvalue weighted by atomic mass is 35.5. The molecule has 0 radical (unpaired) electrons. The summed E-state index contributed by atoms with van der Waals surface area (Å²) in [5, 5.41) is 0.767. The summed E-state index contributed by atoms with van der Waals surface area (Å²) in [5.74, 6) is 0.923. The maximum atomic E-state index is 12.9. The second kappa shape index (κ2) is 6.96. The molecule has 26 heavy (non-hydrogen) atoms. The Bertz CT molecular complexity index is 809. The van der Waals surface area contributed by atoms with Crippen molar-refractivity contribution in [2.75, 3.05) is 31.1 Å². The number of carbonyl (C=O) groups excluding carboxylic acids is 1. The third kappa shape index (κ3) is 3.45. The van der Waals surface area contributed by atoms with Crippen molar-refractivity contribution in [2.24, 2.45) is 5.92 Å². The number of amides is 1. The summed E-state index contributed by atoms with van der Waals surface area (Å²) in [6.45, 7) is 7.54. The van der Waals surface area contributed by atoms with Crippen molar-refractivity contribution >= 4 is 23.2 Å². The van der Waals surface area contributed by atoms with E-state index in [0.717, 1.165) is 37.6 Å². The van der Waals surface area contributed by atoms with Gasteiger partial charge in [0.2, 0.25) is 5.91 Å². The summed E-state index contributed by atoms with van der Waals surface area (Å²) in [7, 11) is 0. The number of nitrogens with zero attached hydrogens (tertiary/aromatic N) is 2. The zero-order valence-corrected chi connectivity index (χ0v) is 16.2. The van der Waals surface area contributed by atoms with Crippen molar-refractivity contribution in [2.45, 2.75) is 26.2 Å². The third-order valence-electron chi connectivity index (χ3n) is 5.72. The maximum Gasteiger partial charge on any atom is 0.226 e. The van der Waals surface area contributed by atoms with Crippen LogP contribution in [0.5, 0.6) is 0 Å². The molecule has 2 aliphatic rings. The van der Waals surface area contributed by atoms with Gasteiger partial charge < -0.3 is 9.80 Å². The molecule has 1 heterocycles. The van der Waals surface area contributed by atoms with Crippen molar-refractivity contribution in [3.8, 4) is 0 Å². The van der Waals surface area contributed by atoms with Gasteiger partial charge in [-0.1, -0.05) is 47.5 Å². The Morgan fingerprint density at radius 1 is 1.00 bits per heavy atom. The van der Waals surface area contributed by atoms with Gasteiger partial charge in [-0.2, -0.15) is 0 Å². The van der Waals surface area contributed by atoms with Gasteiger partial charge in [0.1, 0.15) is 0 Å². The van der Waals surface area contributed by atoms with E-state index in [1.54, 1.807) is 0 Å². The van der Waals surface area contributed by atoms with E-state index in [0.29, 0.717) is 11.8 Å². The van der Waals surface area contributed by atoms with Crippen LogP contribution in [0.3, 0.4) is 0 Å². The molecule has 0 bridgehead atoms. The highest BCUT2D eigenvalue weighted by Crippen LogP contribution is 2.48. The molecule has 2 aromatic carbocycles. The zero-order chi connectivity index (χ0) is 18.3. The number of hydrogen-bond acceptors (Lipinski definition) is 2. The van der Waals surface area contributed by atoms with E-state index in [1.165, 1.54) is 22.4 Å². The van der Waals surface area contributed by atoms with Crippen molar-refractivity contribution in [3.05, 3.63) is 64.2 Å². The lowest BCUT2D eigenvalue weighted by atomic mass is 10.1. The molecule has 1 amide bonds. The number of halogens is 1. The van der Waals surface area contributed by atoms with Gasteiger partial charge in [0.05, 0.1) is 0 Å². The maximum absolute atomic E-state index is 12.9. The quantitative estimate of drug-likeness (QED) is 0.801. The molecular weight excluding hydrogens is 344 g/mol. The van der Waals surface area contributed by atoms with Crippen LogP contribution in [0.2, 0.25) is 5.02 Å². The topological polar surface area (TPSA) is 23.6 Å². The van der Waals surface area contributed by atoms with Gasteiger partial charge in [-0.15, -0.1) is 0 Å². The molecule has 2 aromatic rings. The van der Waals surface area contributed by atoms with E-state index in [2.05, 4.69) is 54.0 Å². The molecule has 3 nitrogen and oxygen atoms in total. The summed E-state index contributed by atoms with van der Waals surface area (Å²) >= 11 is 6.16. The molecule has 2 fully saturated rings. The van der Waals surface area contributed by atoms with Crippen LogP contribution in [0.15, 0.2) is 42.5 Å². The number of aryl methyl sites for hydroxylation is 2. The van der Waals surface area contributed by atoms with Crippen molar-refractivity contribution in [1.82, 2.24) is 4.90 Å². The molecule has 0 aromatic heterocycles. The molecule has 1 aliphatic heterocycles. The van der Waals surface area contributed by atoms with E-state index < -0.39 is 0 Å². The highest BCUT2D eigenvalue weighted by molar-refractivity contribution is 6.30. The van der Waals surface area contributed by atoms with Gasteiger partial charge in [0.25, 0.3) is 0 Å². The largest absolute Gasteiger partial charge is 0.368 e. The standard InChI is InChI=1S/C22H25ClN2O/c1-15-3-6-17(7-4-15)19-14-20(19)22(26)25-11-9-24(10-12-25)21-13-18(23)8-5-16(21)2/h3-8,13,19-20H,9-12,14H2,1-2H3/t19?,20-/m0/s1. The summed E-state index contributed by atoms with van der Waals surface area (Å²) in [5.41, 5.74) is 5.00. The molecule has 1 unspecified atom stereocenters. The second-order valence-electron chi connectivity index (χ2n) is 7.60.